The molecule has 1 spiro atoms. The van der Waals surface area contributed by atoms with Gasteiger partial charge in [-0.3, -0.25) is 0 Å². The fourth-order valence-corrected chi connectivity index (χ4v) is 6.31. The van der Waals surface area contributed by atoms with E-state index in [2.05, 4.69) is 26.0 Å². The number of carbonyl (C=O) groups excluding carboxylic acids is 1. The molecule has 0 aromatic heterocycles. The zero-order valence-electron chi connectivity index (χ0n) is 15.7. The predicted molar refractivity (Wildman–Crippen MR) is 113 cm³/mol. The quantitative estimate of drug-likeness (QED) is 0.658. The third-order valence-corrected chi connectivity index (χ3v) is 7.77. The lowest BCUT2D eigenvalue weighted by atomic mass is 10.0. The molecule has 4 rings (SSSR count). The molecule has 2 aliphatic heterocycles. The number of fused-ring (bicyclic) bond motifs is 1. The van der Waals surface area contributed by atoms with Gasteiger partial charge in [-0.25, -0.2) is 4.79 Å². The normalized spacial score (nSPS) is 22.3. The van der Waals surface area contributed by atoms with Crippen LogP contribution >= 0.6 is 23.5 Å². The number of benzene rings is 2. The van der Waals surface area contributed by atoms with E-state index in [1.807, 2.05) is 30.3 Å². The number of ether oxygens (including phenoxy) is 2. The maximum absolute atomic E-state index is 12.8. The number of hydrogen-bond acceptors (Lipinski definition) is 5. The summed E-state index contributed by atoms with van der Waals surface area (Å²) in [6.45, 7) is 4.30. The molecule has 2 heterocycles. The van der Waals surface area contributed by atoms with E-state index in [1.54, 1.807) is 30.6 Å². The number of hydrogen-bond donors (Lipinski definition) is 0. The van der Waals surface area contributed by atoms with Crippen LogP contribution in [0.3, 0.4) is 0 Å². The number of carbonyl (C=O) groups is 1. The largest absolute Gasteiger partial charge is 0.495 e. The molecule has 0 N–H and O–H groups in total. The number of esters is 1. The van der Waals surface area contributed by atoms with Crippen molar-refractivity contribution < 1.29 is 14.3 Å². The molecule has 0 bridgehead atoms. The van der Waals surface area contributed by atoms with Gasteiger partial charge in [-0.1, -0.05) is 42.5 Å². The van der Waals surface area contributed by atoms with Crippen LogP contribution in [0.1, 0.15) is 27.8 Å². The van der Waals surface area contributed by atoms with Gasteiger partial charge in [0.25, 0.3) is 0 Å². The van der Waals surface area contributed by atoms with Gasteiger partial charge in [-0.15, -0.1) is 11.8 Å². The summed E-state index contributed by atoms with van der Waals surface area (Å²) in [6, 6.07) is 14.2. The van der Waals surface area contributed by atoms with Crippen molar-refractivity contribution in [3.8, 4) is 0 Å². The molecule has 0 radical (unpaired) electrons. The maximum Gasteiger partial charge on any atom is 0.344 e. The summed E-state index contributed by atoms with van der Waals surface area (Å²) in [5, 5.41) is 0. The van der Waals surface area contributed by atoms with Crippen LogP contribution in [0.5, 0.6) is 0 Å². The highest BCUT2D eigenvalue weighted by molar-refractivity contribution is 8.03. The SMILES string of the molecule is COC1=C(c2ccccc2)C(=O)OC12CSCc1cc(C)c(C)cc1CS2. The molecule has 140 valence electrons. The van der Waals surface area contributed by atoms with Gasteiger partial charge in [0.05, 0.1) is 12.9 Å². The van der Waals surface area contributed by atoms with Crippen molar-refractivity contribution in [1.29, 1.82) is 0 Å². The number of thioether (sulfide) groups is 2. The molecule has 2 aromatic rings. The van der Waals surface area contributed by atoms with Gasteiger partial charge in [0.2, 0.25) is 4.93 Å². The van der Waals surface area contributed by atoms with Gasteiger partial charge in [0.1, 0.15) is 5.57 Å². The Morgan fingerprint density at radius 3 is 2.37 bits per heavy atom. The zero-order chi connectivity index (χ0) is 19.0. The predicted octanol–water partition coefficient (Wildman–Crippen LogP) is 5.09. The first-order valence-electron chi connectivity index (χ1n) is 8.92. The zero-order valence-corrected chi connectivity index (χ0v) is 17.3. The van der Waals surface area contributed by atoms with Gasteiger partial charge in [-0.2, -0.15) is 11.8 Å². The highest BCUT2D eigenvalue weighted by Crippen LogP contribution is 2.50. The Morgan fingerprint density at radius 1 is 1.04 bits per heavy atom. The van der Waals surface area contributed by atoms with E-state index < -0.39 is 4.93 Å². The third kappa shape index (κ3) is 3.27. The molecule has 0 saturated carbocycles. The van der Waals surface area contributed by atoms with Crippen molar-refractivity contribution in [2.24, 2.45) is 0 Å². The molecule has 0 fully saturated rings. The lowest BCUT2D eigenvalue weighted by Crippen LogP contribution is -2.33. The topological polar surface area (TPSA) is 35.5 Å². The van der Waals surface area contributed by atoms with Crippen LogP contribution in [0.2, 0.25) is 0 Å². The maximum atomic E-state index is 12.8. The second kappa shape index (κ2) is 7.28. The molecular weight excluding hydrogens is 376 g/mol. The summed E-state index contributed by atoms with van der Waals surface area (Å²) >= 11 is 3.44. The second-order valence-electron chi connectivity index (χ2n) is 6.90. The van der Waals surface area contributed by atoms with E-state index in [0.717, 1.165) is 17.1 Å². The van der Waals surface area contributed by atoms with Crippen molar-refractivity contribution in [1.82, 2.24) is 0 Å². The van der Waals surface area contributed by atoms with Crippen molar-refractivity contribution >= 4 is 35.1 Å². The first-order valence-corrected chi connectivity index (χ1v) is 11.1. The van der Waals surface area contributed by atoms with E-state index in [-0.39, 0.29) is 5.97 Å². The Kier molecular flexibility index (Phi) is 4.99. The van der Waals surface area contributed by atoms with E-state index in [9.17, 15) is 4.79 Å². The average Bonchev–Trinajstić information content (AvgIpc) is 2.94. The fraction of sp³-hybridized carbons (Fsp3) is 0.318. The first kappa shape index (κ1) is 18.5. The van der Waals surface area contributed by atoms with Crippen LogP contribution in [0, 0.1) is 13.8 Å². The summed E-state index contributed by atoms with van der Waals surface area (Å²) in [6.07, 6.45) is 0. The van der Waals surface area contributed by atoms with Crippen molar-refractivity contribution in [2.75, 3.05) is 12.9 Å². The van der Waals surface area contributed by atoms with Crippen molar-refractivity contribution in [3.05, 3.63) is 76.0 Å². The molecule has 1 atom stereocenters. The molecule has 5 heteroatoms. The third-order valence-electron chi connectivity index (χ3n) is 5.13. The Hall–Kier alpha value is -1.85. The van der Waals surface area contributed by atoms with Gasteiger partial charge in [0, 0.05) is 11.5 Å². The van der Waals surface area contributed by atoms with E-state index in [0.29, 0.717) is 17.1 Å². The Balaban J connectivity index is 1.73. The molecule has 27 heavy (non-hydrogen) atoms. The molecule has 2 aliphatic rings. The van der Waals surface area contributed by atoms with Crippen LogP contribution in [0.4, 0.5) is 0 Å². The highest BCUT2D eigenvalue weighted by Gasteiger charge is 2.50. The molecular formula is C22H22O3S2. The first-order chi connectivity index (χ1) is 13.0. The fourth-order valence-electron chi connectivity index (χ4n) is 3.57. The van der Waals surface area contributed by atoms with Gasteiger partial charge in [0.15, 0.2) is 5.76 Å². The summed E-state index contributed by atoms with van der Waals surface area (Å²) in [5.74, 6) is 2.72. The summed E-state index contributed by atoms with van der Waals surface area (Å²) in [5.41, 5.74) is 6.70. The molecule has 1 unspecified atom stereocenters. The van der Waals surface area contributed by atoms with E-state index >= 15 is 0 Å². The lowest BCUT2D eigenvalue weighted by molar-refractivity contribution is -0.139. The Bertz CT molecular complexity index is 921. The summed E-state index contributed by atoms with van der Waals surface area (Å²) in [4.78, 5) is 12.0. The molecule has 0 amide bonds. The van der Waals surface area contributed by atoms with E-state index in [1.165, 1.54) is 22.3 Å². The summed E-state index contributed by atoms with van der Waals surface area (Å²) in [7, 11) is 1.63. The molecule has 2 aromatic carbocycles. The molecule has 3 nitrogen and oxygen atoms in total. The van der Waals surface area contributed by atoms with Gasteiger partial charge in [-0.05, 0) is 41.7 Å². The number of aryl methyl sites for hydroxylation is 2. The Labute approximate surface area is 168 Å². The average molecular weight is 399 g/mol. The molecule has 0 saturated heterocycles. The minimum absolute atomic E-state index is 0.299. The lowest BCUT2D eigenvalue weighted by Gasteiger charge is -2.31. The minimum Gasteiger partial charge on any atom is -0.495 e. The van der Waals surface area contributed by atoms with Gasteiger partial charge >= 0.3 is 5.97 Å². The van der Waals surface area contributed by atoms with Gasteiger partial charge < -0.3 is 9.47 Å². The molecule has 0 aliphatic carbocycles. The van der Waals surface area contributed by atoms with Crippen molar-refractivity contribution in [2.45, 2.75) is 30.3 Å². The number of rotatable bonds is 2. The van der Waals surface area contributed by atoms with Crippen LogP contribution in [0.15, 0.2) is 48.2 Å². The number of methoxy groups -OCH3 is 1. The minimum atomic E-state index is -0.766. The standard InChI is InChI=1S/C22H22O3S2/c1-14-9-17-11-26-13-22(27-12-18(17)10-15(14)2)20(24-3)19(21(23)25-22)16-7-5-4-6-8-16/h4-10H,11-13H2,1-3H3. The Morgan fingerprint density at radius 2 is 1.70 bits per heavy atom. The van der Waals surface area contributed by atoms with Crippen LogP contribution in [-0.2, 0) is 25.8 Å². The highest BCUT2D eigenvalue weighted by atomic mass is 32.2. The summed E-state index contributed by atoms with van der Waals surface area (Å²) < 4.78 is 11.7. The van der Waals surface area contributed by atoms with Crippen LogP contribution in [-0.4, -0.2) is 23.8 Å². The van der Waals surface area contributed by atoms with Crippen molar-refractivity contribution in [3.63, 3.8) is 0 Å². The van der Waals surface area contributed by atoms with E-state index in [4.69, 9.17) is 9.47 Å². The monoisotopic (exact) mass is 398 g/mol. The van der Waals surface area contributed by atoms with Crippen LogP contribution < -0.4 is 0 Å². The second-order valence-corrected chi connectivity index (χ2v) is 9.13. The van der Waals surface area contributed by atoms with Crippen LogP contribution in [0.25, 0.3) is 5.57 Å². The smallest absolute Gasteiger partial charge is 0.344 e.